The summed E-state index contributed by atoms with van der Waals surface area (Å²) in [6.07, 6.45) is 0. The van der Waals surface area contributed by atoms with Crippen LogP contribution in [0.3, 0.4) is 0 Å². The van der Waals surface area contributed by atoms with Crippen molar-refractivity contribution in [2.45, 2.75) is 53.4 Å². The average Bonchev–Trinajstić information content (AvgIpc) is 2.30. The number of hydrogen-bond donors (Lipinski definition) is 0. The predicted octanol–water partition coefficient (Wildman–Crippen LogP) is 4.56. The standard InChI is InChI=1S/C15H23N.C2H6/c1-5-16-9-14(10-16)13-6-7-15(11(2)3)12(4)8-13;1-2/h6-8,11,14H,5,9-10H2,1-4H3;1-2H3. The van der Waals surface area contributed by atoms with Gasteiger partial charge >= 0.3 is 0 Å². The SMILES string of the molecule is CC.CCN1CC(c2ccc(C(C)C)c(C)c2)C1. The molecule has 0 bridgehead atoms. The van der Waals surface area contributed by atoms with Crippen molar-refractivity contribution in [1.82, 2.24) is 4.90 Å². The maximum atomic E-state index is 2.50. The Morgan fingerprint density at radius 1 is 1.22 bits per heavy atom. The van der Waals surface area contributed by atoms with Gasteiger partial charge in [-0.2, -0.15) is 0 Å². The van der Waals surface area contributed by atoms with Crippen LogP contribution in [0.25, 0.3) is 0 Å². The summed E-state index contributed by atoms with van der Waals surface area (Å²) < 4.78 is 0. The first-order valence-electron chi connectivity index (χ1n) is 7.44. The summed E-state index contributed by atoms with van der Waals surface area (Å²) in [4.78, 5) is 2.50. The highest BCUT2D eigenvalue weighted by Gasteiger charge is 2.26. The summed E-state index contributed by atoms with van der Waals surface area (Å²) in [6, 6.07) is 7.05. The zero-order chi connectivity index (χ0) is 13.7. The maximum absolute atomic E-state index is 2.50. The molecule has 1 heterocycles. The lowest BCUT2D eigenvalue weighted by Crippen LogP contribution is -2.44. The van der Waals surface area contributed by atoms with Crippen molar-refractivity contribution in [1.29, 1.82) is 0 Å². The van der Waals surface area contributed by atoms with Crippen LogP contribution >= 0.6 is 0 Å². The maximum Gasteiger partial charge on any atom is 0.00937 e. The Bertz CT molecular complexity index is 362. The summed E-state index contributed by atoms with van der Waals surface area (Å²) >= 11 is 0. The van der Waals surface area contributed by atoms with Gasteiger partial charge in [0.15, 0.2) is 0 Å². The second-order valence-corrected chi connectivity index (χ2v) is 5.32. The number of likely N-dealkylation sites (N-methyl/N-ethyl adjacent to an activating group) is 1. The van der Waals surface area contributed by atoms with E-state index in [2.05, 4.69) is 50.8 Å². The molecule has 2 rings (SSSR count). The highest BCUT2D eigenvalue weighted by molar-refractivity contribution is 5.35. The van der Waals surface area contributed by atoms with Crippen molar-refractivity contribution >= 4 is 0 Å². The van der Waals surface area contributed by atoms with Crippen molar-refractivity contribution in [3.05, 3.63) is 34.9 Å². The number of benzene rings is 1. The molecule has 0 N–H and O–H groups in total. The molecule has 1 fully saturated rings. The van der Waals surface area contributed by atoms with Gasteiger partial charge in [-0.25, -0.2) is 0 Å². The minimum atomic E-state index is 0.641. The van der Waals surface area contributed by atoms with E-state index >= 15 is 0 Å². The Morgan fingerprint density at radius 3 is 2.28 bits per heavy atom. The molecule has 1 aromatic carbocycles. The summed E-state index contributed by atoms with van der Waals surface area (Å²) in [5.41, 5.74) is 4.49. The fourth-order valence-corrected chi connectivity index (χ4v) is 2.64. The van der Waals surface area contributed by atoms with Crippen LogP contribution in [0.4, 0.5) is 0 Å². The molecule has 0 unspecified atom stereocenters. The average molecular weight is 247 g/mol. The molecular formula is C17H29N. The lowest BCUT2D eigenvalue weighted by Gasteiger charge is -2.39. The van der Waals surface area contributed by atoms with Crippen molar-refractivity contribution < 1.29 is 0 Å². The minimum absolute atomic E-state index is 0.641. The van der Waals surface area contributed by atoms with Gasteiger partial charge in [0.05, 0.1) is 0 Å². The van der Waals surface area contributed by atoms with Gasteiger partial charge in [-0.05, 0) is 36.1 Å². The number of likely N-dealkylation sites (tertiary alicyclic amines) is 1. The smallest absolute Gasteiger partial charge is 0.00937 e. The first-order chi connectivity index (χ1) is 8.61. The Labute approximate surface area is 113 Å². The largest absolute Gasteiger partial charge is 0.302 e. The van der Waals surface area contributed by atoms with E-state index in [1.165, 1.54) is 36.3 Å². The Balaban J connectivity index is 0.000000771. The van der Waals surface area contributed by atoms with Crippen molar-refractivity contribution in [2.75, 3.05) is 19.6 Å². The summed E-state index contributed by atoms with van der Waals surface area (Å²) in [5.74, 6) is 1.42. The summed E-state index contributed by atoms with van der Waals surface area (Å²) in [6.45, 7) is 16.7. The number of nitrogens with zero attached hydrogens (tertiary/aromatic N) is 1. The Hall–Kier alpha value is -0.820. The zero-order valence-corrected chi connectivity index (χ0v) is 13.0. The van der Waals surface area contributed by atoms with E-state index in [9.17, 15) is 0 Å². The monoisotopic (exact) mass is 247 g/mol. The van der Waals surface area contributed by atoms with Gasteiger partial charge in [-0.3, -0.25) is 0 Å². The molecule has 1 aromatic rings. The molecule has 0 amide bonds. The third-order valence-electron chi connectivity index (χ3n) is 3.79. The molecular weight excluding hydrogens is 218 g/mol. The predicted molar refractivity (Wildman–Crippen MR) is 81.5 cm³/mol. The van der Waals surface area contributed by atoms with Gasteiger partial charge in [0.2, 0.25) is 0 Å². The molecule has 0 aliphatic carbocycles. The van der Waals surface area contributed by atoms with E-state index in [-0.39, 0.29) is 0 Å². The molecule has 102 valence electrons. The number of hydrogen-bond acceptors (Lipinski definition) is 1. The molecule has 1 aliphatic heterocycles. The molecule has 1 heteroatoms. The lowest BCUT2D eigenvalue weighted by atomic mass is 9.87. The van der Waals surface area contributed by atoms with Gasteiger partial charge in [-0.15, -0.1) is 0 Å². The topological polar surface area (TPSA) is 3.24 Å². The first kappa shape index (κ1) is 15.2. The van der Waals surface area contributed by atoms with Gasteiger partial charge in [-0.1, -0.05) is 52.8 Å². The lowest BCUT2D eigenvalue weighted by molar-refractivity contribution is 0.157. The Kier molecular flexibility index (Phi) is 5.87. The van der Waals surface area contributed by atoms with Gasteiger partial charge in [0, 0.05) is 19.0 Å². The van der Waals surface area contributed by atoms with E-state index in [4.69, 9.17) is 0 Å². The molecule has 1 saturated heterocycles. The number of rotatable bonds is 3. The highest BCUT2D eigenvalue weighted by Crippen LogP contribution is 2.29. The summed E-state index contributed by atoms with van der Waals surface area (Å²) in [5, 5.41) is 0. The quantitative estimate of drug-likeness (QED) is 0.756. The second kappa shape index (κ2) is 6.94. The number of aryl methyl sites for hydroxylation is 1. The first-order valence-corrected chi connectivity index (χ1v) is 7.44. The van der Waals surface area contributed by atoms with Gasteiger partial charge in [0.1, 0.15) is 0 Å². The normalized spacial score (nSPS) is 16.2. The Morgan fingerprint density at radius 2 is 1.83 bits per heavy atom. The second-order valence-electron chi connectivity index (χ2n) is 5.32. The van der Waals surface area contributed by atoms with Crippen LogP contribution in [0, 0.1) is 6.92 Å². The zero-order valence-electron chi connectivity index (χ0n) is 13.0. The van der Waals surface area contributed by atoms with Crippen molar-refractivity contribution in [3.8, 4) is 0 Å². The van der Waals surface area contributed by atoms with E-state index < -0.39 is 0 Å². The molecule has 0 spiro atoms. The van der Waals surface area contributed by atoms with Crippen LogP contribution in [0.1, 0.15) is 63.1 Å². The molecule has 0 atom stereocenters. The molecule has 1 nitrogen and oxygen atoms in total. The molecule has 0 aromatic heterocycles. The molecule has 0 saturated carbocycles. The van der Waals surface area contributed by atoms with E-state index in [0.717, 1.165) is 5.92 Å². The fourth-order valence-electron chi connectivity index (χ4n) is 2.64. The third-order valence-corrected chi connectivity index (χ3v) is 3.79. The highest BCUT2D eigenvalue weighted by atomic mass is 15.2. The van der Waals surface area contributed by atoms with E-state index in [0.29, 0.717) is 5.92 Å². The van der Waals surface area contributed by atoms with Crippen LogP contribution in [0.5, 0.6) is 0 Å². The van der Waals surface area contributed by atoms with Crippen molar-refractivity contribution in [2.24, 2.45) is 0 Å². The van der Waals surface area contributed by atoms with Gasteiger partial charge < -0.3 is 4.90 Å². The molecule has 0 radical (unpaired) electrons. The third kappa shape index (κ3) is 3.35. The van der Waals surface area contributed by atoms with Crippen LogP contribution in [-0.4, -0.2) is 24.5 Å². The fraction of sp³-hybridized carbons (Fsp3) is 0.647. The minimum Gasteiger partial charge on any atom is -0.302 e. The van der Waals surface area contributed by atoms with Crippen LogP contribution in [0.2, 0.25) is 0 Å². The van der Waals surface area contributed by atoms with E-state index in [1.54, 1.807) is 0 Å². The van der Waals surface area contributed by atoms with E-state index in [1.807, 2.05) is 13.8 Å². The summed E-state index contributed by atoms with van der Waals surface area (Å²) in [7, 11) is 0. The van der Waals surface area contributed by atoms with Crippen LogP contribution < -0.4 is 0 Å². The van der Waals surface area contributed by atoms with Crippen LogP contribution in [-0.2, 0) is 0 Å². The van der Waals surface area contributed by atoms with Gasteiger partial charge in [0.25, 0.3) is 0 Å². The molecule has 1 aliphatic rings. The molecule has 18 heavy (non-hydrogen) atoms. The van der Waals surface area contributed by atoms with Crippen LogP contribution in [0.15, 0.2) is 18.2 Å². The van der Waals surface area contributed by atoms with Crippen molar-refractivity contribution in [3.63, 3.8) is 0 Å².